The number of carbonyl (C=O) groups excluding carboxylic acids is 1. The maximum absolute atomic E-state index is 13.5. The minimum absolute atomic E-state index is 0.0938. The predicted octanol–water partition coefficient (Wildman–Crippen LogP) is 4.29. The Bertz CT molecular complexity index is 641. The zero-order valence-electron chi connectivity index (χ0n) is 9.59. The Balaban J connectivity index is 2.31. The third-order valence-electron chi connectivity index (χ3n) is 2.64. The van der Waals surface area contributed by atoms with Gasteiger partial charge in [-0.3, -0.25) is 4.79 Å². The molecule has 0 radical (unpaired) electrons. The molecule has 0 spiro atoms. The number of carbonyl (C=O) groups is 1. The van der Waals surface area contributed by atoms with Gasteiger partial charge in [0, 0.05) is 10.9 Å². The van der Waals surface area contributed by atoms with Gasteiger partial charge >= 0.3 is 0 Å². The van der Waals surface area contributed by atoms with Crippen molar-refractivity contribution in [3.05, 3.63) is 69.4 Å². The van der Waals surface area contributed by atoms with Crippen molar-refractivity contribution < 1.29 is 18.0 Å². The van der Waals surface area contributed by atoms with E-state index >= 15 is 0 Å². The molecule has 0 aliphatic carbocycles. The second-order valence-corrected chi connectivity index (χ2v) is 4.77. The summed E-state index contributed by atoms with van der Waals surface area (Å²) in [5, 5.41) is 0. The largest absolute Gasteiger partial charge is 0.294 e. The zero-order valence-corrected chi connectivity index (χ0v) is 11.2. The summed E-state index contributed by atoms with van der Waals surface area (Å²) in [4.78, 5) is 11.9. The van der Waals surface area contributed by atoms with Gasteiger partial charge in [-0.1, -0.05) is 34.1 Å². The van der Waals surface area contributed by atoms with Crippen molar-refractivity contribution >= 4 is 21.7 Å². The van der Waals surface area contributed by atoms with Crippen molar-refractivity contribution in [1.82, 2.24) is 0 Å². The summed E-state index contributed by atoms with van der Waals surface area (Å²) in [6.45, 7) is 0. The summed E-state index contributed by atoms with van der Waals surface area (Å²) in [5.41, 5.74) is 0.200. The molecule has 0 bridgehead atoms. The third kappa shape index (κ3) is 2.87. The minimum Gasteiger partial charge on any atom is -0.294 e. The van der Waals surface area contributed by atoms with E-state index in [1.54, 1.807) is 24.3 Å². The monoisotopic (exact) mass is 328 g/mol. The summed E-state index contributed by atoms with van der Waals surface area (Å²) >= 11 is 3.26. The van der Waals surface area contributed by atoms with Crippen molar-refractivity contribution in [1.29, 1.82) is 0 Å². The smallest absolute Gasteiger partial charge is 0.195 e. The lowest BCUT2D eigenvalue weighted by Gasteiger charge is -2.06. The van der Waals surface area contributed by atoms with Crippen LogP contribution in [0.4, 0.5) is 13.2 Å². The van der Waals surface area contributed by atoms with E-state index in [0.717, 1.165) is 12.1 Å². The maximum Gasteiger partial charge on any atom is 0.195 e. The van der Waals surface area contributed by atoms with Gasteiger partial charge in [-0.25, -0.2) is 13.2 Å². The first-order valence-corrected chi connectivity index (χ1v) is 6.20. The fourth-order valence-electron chi connectivity index (χ4n) is 1.65. The Labute approximate surface area is 116 Å². The van der Waals surface area contributed by atoms with Gasteiger partial charge < -0.3 is 0 Å². The van der Waals surface area contributed by atoms with Crippen LogP contribution in [-0.2, 0) is 6.42 Å². The summed E-state index contributed by atoms with van der Waals surface area (Å²) in [6, 6.07) is 8.63. The Hall–Kier alpha value is -1.62. The van der Waals surface area contributed by atoms with Gasteiger partial charge in [0.1, 0.15) is 0 Å². The molecule has 5 heteroatoms. The molecule has 0 aromatic heterocycles. The van der Waals surface area contributed by atoms with Crippen LogP contribution in [-0.4, -0.2) is 5.78 Å². The fraction of sp³-hybridized carbons (Fsp3) is 0.0714. The first kappa shape index (κ1) is 13.8. The highest BCUT2D eigenvalue weighted by Crippen LogP contribution is 2.21. The summed E-state index contributed by atoms with van der Waals surface area (Å²) in [7, 11) is 0. The third-order valence-corrected chi connectivity index (χ3v) is 3.42. The average molecular weight is 329 g/mol. The Morgan fingerprint density at radius 1 is 1.00 bits per heavy atom. The molecule has 19 heavy (non-hydrogen) atoms. The van der Waals surface area contributed by atoms with E-state index in [1.165, 1.54) is 0 Å². The SMILES string of the molecule is O=C(Cc1ccccc1Br)c1ccc(F)c(F)c1F. The van der Waals surface area contributed by atoms with E-state index in [4.69, 9.17) is 0 Å². The van der Waals surface area contributed by atoms with Crippen molar-refractivity contribution in [3.8, 4) is 0 Å². The van der Waals surface area contributed by atoms with Gasteiger partial charge in [0.05, 0.1) is 5.56 Å². The molecule has 0 saturated carbocycles. The second-order valence-electron chi connectivity index (χ2n) is 3.91. The van der Waals surface area contributed by atoms with Crippen molar-refractivity contribution in [2.75, 3.05) is 0 Å². The van der Waals surface area contributed by atoms with Crippen molar-refractivity contribution in [3.63, 3.8) is 0 Å². The summed E-state index contributed by atoms with van der Waals surface area (Å²) in [6.07, 6.45) is -0.0938. The van der Waals surface area contributed by atoms with Gasteiger partial charge in [0.2, 0.25) is 0 Å². The lowest BCUT2D eigenvalue weighted by Crippen LogP contribution is -2.09. The first-order chi connectivity index (χ1) is 9.00. The molecule has 2 aromatic carbocycles. The van der Waals surface area contributed by atoms with E-state index in [2.05, 4.69) is 15.9 Å². The van der Waals surface area contributed by atoms with Gasteiger partial charge in [0.25, 0.3) is 0 Å². The number of hydrogen-bond acceptors (Lipinski definition) is 1. The topological polar surface area (TPSA) is 17.1 Å². The molecule has 0 N–H and O–H groups in total. The lowest BCUT2D eigenvalue weighted by molar-refractivity contribution is 0.0987. The number of Topliss-reactive ketones (excluding diaryl/α,β-unsaturated/α-hetero) is 1. The van der Waals surface area contributed by atoms with Gasteiger partial charge in [0.15, 0.2) is 23.2 Å². The number of benzene rings is 2. The summed E-state index contributed by atoms with van der Waals surface area (Å²) < 4.78 is 40.0. The van der Waals surface area contributed by atoms with Crippen LogP contribution in [0.25, 0.3) is 0 Å². The van der Waals surface area contributed by atoms with Crippen LogP contribution in [0.2, 0.25) is 0 Å². The van der Waals surface area contributed by atoms with E-state index in [-0.39, 0.29) is 6.42 Å². The Kier molecular flexibility index (Phi) is 4.04. The molecule has 0 heterocycles. The van der Waals surface area contributed by atoms with Crippen molar-refractivity contribution in [2.24, 2.45) is 0 Å². The highest BCUT2D eigenvalue weighted by atomic mass is 79.9. The molecule has 2 rings (SSSR count). The van der Waals surface area contributed by atoms with Crippen LogP contribution in [0.1, 0.15) is 15.9 Å². The Morgan fingerprint density at radius 2 is 1.68 bits per heavy atom. The van der Waals surface area contributed by atoms with Crippen LogP contribution in [0.5, 0.6) is 0 Å². The molecular weight excluding hydrogens is 321 g/mol. The zero-order chi connectivity index (χ0) is 14.0. The number of rotatable bonds is 3. The molecule has 0 saturated heterocycles. The number of hydrogen-bond donors (Lipinski definition) is 0. The van der Waals surface area contributed by atoms with Crippen LogP contribution in [0, 0.1) is 17.5 Å². The molecule has 0 aliphatic heterocycles. The maximum atomic E-state index is 13.5. The molecule has 98 valence electrons. The van der Waals surface area contributed by atoms with Crippen LogP contribution >= 0.6 is 15.9 Å². The average Bonchev–Trinajstić information content (AvgIpc) is 2.39. The molecule has 0 fully saturated rings. The van der Waals surface area contributed by atoms with Crippen LogP contribution in [0.15, 0.2) is 40.9 Å². The second kappa shape index (κ2) is 5.57. The number of ketones is 1. The predicted molar refractivity (Wildman–Crippen MR) is 68.5 cm³/mol. The lowest BCUT2D eigenvalue weighted by atomic mass is 10.0. The first-order valence-electron chi connectivity index (χ1n) is 5.41. The van der Waals surface area contributed by atoms with E-state index in [0.29, 0.717) is 10.0 Å². The highest BCUT2D eigenvalue weighted by Gasteiger charge is 2.19. The summed E-state index contributed by atoms with van der Waals surface area (Å²) in [5.74, 6) is -4.99. The fourth-order valence-corrected chi connectivity index (χ4v) is 2.08. The molecule has 2 aromatic rings. The molecule has 1 nitrogen and oxygen atoms in total. The van der Waals surface area contributed by atoms with Gasteiger partial charge in [-0.2, -0.15) is 0 Å². The van der Waals surface area contributed by atoms with E-state index in [1.807, 2.05) is 0 Å². The van der Waals surface area contributed by atoms with E-state index in [9.17, 15) is 18.0 Å². The van der Waals surface area contributed by atoms with Crippen LogP contribution in [0.3, 0.4) is 0 Å². The van der Waals surface area contributed by atoms with Crippen LogP contribution < -0.4 is 0 Å². The van der Waals surface area contributed by atoms with Gasteiger partial charge in [-0.05, 0) is 23.8 Å². The Morgan fingerprint density at radius 3 is 2.37 bits per heavy atom. The quantitative estimate of drug-likeness (QED) is 0.606. The molecule has 0 atom stereocenters. The standard InChI is InChI=1S/C14H8BrF3O/c15-10-4-2-1-3-8(10)7-12(19)9-5-6-11(16)14(18)13(9)17/h1-6H,7H2. The minimum atomic E-state index is -1.63. The highest BCUT2D eigenvalue weighted by molar-refractivity contribution is 9.10. The normalized spacial score (nSPS) is 10.5. The molecule has 0 unspecified atom stereocenters. The van der Waals surface area contributed by atoms with E-state index < -0.39 is 28.8 Å². The molecule has 0 amide bonds. The van der Waals surface area contributed by atoms with Gasteiger partial charge in [-0.15, -0.1) is 0 Å². The van der Waals surface area contributed by atoms with Crippen molar-refractivity contribution in [2.45, 2.75) is 6.42 Å². The molecular formula is C14H8BrF3O. The number of halogens is 4. The molecule has 0 aliphatic rings.